The summed E-state index contributed by atoms with van der Waals surface area (Å²) in [6, 6.07) is 11.6. The molecule has 1 saturated carbocycles. The molecule has 2 aromatic heterocycles. The number of ether oxygens (including phenoxy) is 1. The molecule has 1 fully saturated rings. The predicted octanol–water partition coefficient (Wildman–Crippen LogP) is 4.67. The van der Waals surface area contributed by atoms with E-state index in [1.807, 2.05) is 44.2 Å². The van der Waals surface area contributed by atoms with Crippen LogP contribution in [0.15, 0.2) is 42.6 Å². The van der Waals surface area contributed by atoms with Gasteiger partial charge in [0.15, 0.2) is 11.8 Å². The summed E-state index contributed by atoms with van der Waals surface area (Å²) >= 11 is 0. The molecule has 4 rings (SSSR count). The van der Waals surface area contributed by atoms with Crippen LogP contribution in [0.5, 0.6) is 0 Å². The van der Waals surface area contributed by atoms with Gasteiger partial charge in [-0.2, -0.15) is 5.10 Å². The predicted molar refractivity (Wildman–Crippen MR) is 123 cm³/mol. The maximum atomic E-state index is 13.2. The smallest absolute Gasteiger partial charge is 0.339 e. The summed E-state index contributed by atoms with van der Waals surface area (Å²) in [5.74, 6) is -0.805. The highest BCUT2D eigenvalue weighted by Gasteiger charge is 2.25. The Hall–Kier alpha value is -3.22. The molecular weight excluding hydrogens is 404 g/mol. The monoisotopic (exact) mass is 434 g/mol. The number of fused-ring (bicyclic) bond motifs is 1. The first-order valence-electron chi connectivity index (χ1n) is 11.4. The molecule has 0 saturated heterocycles. The van der Waals surface area contributed by atoms with E-state index in [9.17, 15) is 9.59 Å². The molecule has 0 spiro atoms. The van der Waals surface area contributed by atoms with Gasteiger partial charge < -0.3 is 10.1 Å². The highest BCUT2D eigenvalue weighted by molar-refractivity contribution is 6.04. The normalized spacial score (nSPS) is 15.6. The van der Waals surface area contributed by atoms with E-state index < -0.39 is 12.1 Å². The molecule has 1 amide bonds. The number of nitrogens with one attached hydrogen (secondary N) is 1. The molecule has 2 heterocycles. The van der Waals surface area contributed by atoms with E-state index in [4.69, 9.17) is 9.72 Å². The lowest BCUT2D eigenvalue weighted by molar-refractivity contribution is -0.130. The van der Waals surface area contributed by atoms with Crippen LogP contribution in [0, 0.1) is 0 Å². The molecule has 1 unspecified atom stereocenters. The summed E-state index contributed by atoms with van der Waals surface area (Å²) in [6.45, 7) is 5.64. The molecule has 1 atom stereocenters. The number of hydrogen-bond acceptors (Lipinski definition) is 5. The van der Waals surface area contributed by atoms with Crippen LogP contribution in [-0.2, 0) is 9.53 Å². The maximum absolute atomic E-state index is 13.2. The first kappa shape index (κ1) is 22.0. The van der Waals surface area contributed by atoms with Crippen molar-refractivity contribution in [2.75, 3.05) is 0 Å². The largest absolute Gasteiger partial charge is 0.449 e. The van der Waals surface area contributed by atoms with Crippen molar-refractivity contribution in [3.8, 4) is 11.3 Å². The molecule has 7 heteroatoms. The number of benzene rings is 1. The van der Waals surface area contributed by atoms with Crippen LogP contribution in [0.1, 0.15) is 69.3 Å². The molecular formula is C25H30N4O3. The first-order chi connectivity index (χ1) is 15.4. The highest BCUT2D eigenvalue weighted by Crippen LogP contribution is 2.27. The van der Waals surface area contributed by atoms with Crippen molar-refractivity contribution >= 4 is 22.9 Å². The molecule has 168 valence electrons. The fourth-order valence-electron chi connectivity index (χ4n) is 4.16. The van der Waals surface area contributed by atoms with E-state index in [1.165, 1.54) is 6.42 Å². The third kappa shape index (κ3) is 4.66. The van der Waals surface area contributed by atoms with Crippen LogP contribution in [0.4, 0.5) is 0 Å². The van der Waals surface area contributed by atoms with Gasteiger partial charge in [0.25, 0.3) is 5.91 Å². The molecule has 0 aliphatic heterocycles. The summed E-state index contributed by atoms with van der Waals surface area (Å²) in [7, 11) is 0. The lowest BCUT2D eigenvalue weighted by Crippen LogP contribution is -2.42. The van der Waals surface area contributed by atoms with E-state index in [-0.39, 0.29) is 18.0 Å². The number of rotatable bonds is 6. The minimum Gasteiger partial charge on any atom is -0.449 e. The number of carbonyl (C=O) groups is 2. The number of pyridine rings is 1. The van der Waals surface area contributed by atoms with Crippen molar-refractivity contribution in [1.82, 2.24) is 20.1 Å². The van der Waals surface area contributed by atoms with Gasteiger partial charge in [-0.3, -0.25) is 4.79 Å². The van der Waals surface area contributed by atoms with Crippen LogP contribution in [0.3, 0.4) is 0 Å². The summed E-state index contributed by atoms with van der Waals surface area (Å²) < 4.78 is 7.38. The van der Waals surface area contributed by atoms with E-state index >= 15 is 0 Å². The van der Waals surface area contributed by atoms with E-state index in [0.717, 1.165) is 31.2 Å². The van der Waals surface area contributed by atoms with Crippen LogP contribution < -0.4 is 5.32 Å². The second-order valence-corrected chi connectivity index (χ2v) is 8.73. The SMILES string of the molecule is CC(OC(=O)c1cc(-c2ccccc2)nc2c1cnn2C(C)C)C(=O)NC1CCCCC1. The second-order valence-electron chi connectivity index (χ2n) is 8.73. The minimum absolute atomic E-state index is 0.0788. The van der Waals surface area contributed by atoms with E-state index in [2.05, 4.69) is 10.4 Å². The molecule has 32 heavy (non-hydrogen) atoms. The molecule has 1 aliphatic carbocycles. The van der Waals surface area contributed by atoms with Crippen LogP contribution in [-0.4, -0.2) is 38.8 Å². The first-order valence-corrected chi connectivity index (χ1v) is 11.4. The Kier molecular flexibility index (Phi) is 6.53. The molecule has 7 nitrogen and oxygen atoms in total. The summed E-state index contributed by atoms with van der Waals surface area (Å²) in [6.07, 6.45) is 6.17. The molecule has 1 aromatic carbocycles. The van der Waals surface area contributed by atoms with Gasteiger partial charge in [-0.25, -0.2) is 14.5 Å². The average Bonchev–Trinajstić information content (AvgIpc) is 3.24. The Bertz CT molecular complexity index is 1100. The van der Waals surface area contributed by atoms with Gasteiger partial charge in [-0.05, 0) is 39.7 Å². The Labute approximate surface area is 188 Å². The third-order valence-corrected chi connectivity index (χ3v) is 5.95. The van der Waals surface area contributed by atoms with Gasteiger partial charge in [-0.15, -0.1) is 0 Å². The third-order valence-electron chi connectivity index (χ3n) is 5.95. The van der Waals surface area contributed by atoms with Gasteiger partial charge in [0.05, 0.1) is 22.8 Å². The second kappa shape index (κ2) is 9.51. The van der Waals surface area contributed by atoms with Gasteiger partial charge in [0.1, 0.15) is 0 Å². The molecule has 3 aromatic rings. The topological polar surface area (TPSA) is 86.1 Å². The summed E-state index contributed by atoms with van der Waals surface area (Å²) in [4.78, 5) is 30.5. The van der Waals surface area contributed by atoms with Crippen LogP contribution >= 0.6 is 0 Å². The van der Waals surface area contributed by atoms with Gasteiger partial charge >= 0.3 is 5.97 Å². The van der Waals surface area contributed by atoms with Crippen LogP contribution in [0.25, 0.3) is 22.3 Å². The number of esters is 1. The zero-order valence-electron chi connectivity index (χ0n) is 18.9. The average molecular weight is 435 g/mol. The zero-order chi connectivity index (χ0) is 22.7. The van der Waals surface area contributed by atoms with Crippen molar-refractivity contribution in [3.05, 3.63) is 48.2 Å². The minimum atomic E-state index is -0.882. The quantitative estimate of drug-likeness (QED) is 0.570. The Morgan fingerprint density at radius 1 is 1.09 bits per heavy atom. The fraction of sp³-hybridized carbons (Fsp3) is 0.440. The van der Waals surface area contributed by atoms with E-state index in [0.29, 0.717) is 22.3 Å². The fourth-order valence-corrected chi connectivity index (χ4v) is 4.16. The summed E-state index contributed by atoms with van der Waals surface area (Å²) in [5, 5.41) is 8.07. The number of carbonyl (C=O) groups excluding carboxylic acids is 2. The van der Waals surface area contributed by atoms with Crippen molar-refractivity contribution in [2.24, 2.45) is 0 Å². The lowest BCUT2D eigenvalue weighted by atomic mass is 9.95. The van der Waals surface area contributed by atoms with Crippen LogP contribution in [0.2, 0.25) is 0 Å². The maximum Gasteiger partial charge on any atom is 0.339 e. The zero-order valence-corrected chi connectivity index (χ0v) is 18.9. The van der Waals surface area contributed by atoms with Crippen molar-refractivity contribution in [3.63, 3.8) is 0 Å². The van der Waals surface area contributed by atoms with Gasteiger partial charge in [0.2, 0.25) is 0 Å². The standard InChI is InChI=1S/C25H30N4O3/c1-16(2)29-23-21(15-26-29)20(14-22(28-23)18-10-6-4-7-11-18)25(31)32-17(3)24(30)27-19-12-8-5-9-13-19/h4,6-7,10-11,14-17,19H,5,8-9,12-13H2,1-3H3,(H,27,30). The summed E-state index contributed by atoms with van der Waals surface area (Å²) in [5.41, 5.74) is 2.53. The molecule has 0 bridgehead atoms. The van der Waals surface area contributed by atoms with Gasteiger partial charge in [0, 0.05) is 17.6 Å². The molecule has 1 aliphatic rings. The van der Waals surface area contributed by atoms with Crippen molar-refractivity contribution in [1.29, 1.82) is 0 Å². The van der Waals surface area contributed by atoms with Gasteiger partial charge in [-0.1, -0.05) is 49.6 Å². The lowest BCUT2D eigenvalue weighted by Gasteiger charge is -2.24. The number of aromatic nitrogens is 3. The van der Waals surface area contributed by atoms with Crippen molar-refractivity contribution < 1.29 is 14.3 Å². The Balaban J connectivity index is 1.62. The number of nitrogens with zero attached hydrogens (tertiary/aromatic N) is 3. The Morgan fingerprint density at radius 2 is 1.81 bits per heavy atom. The number of amides is 1. The molecule has 0 radical (unpaired) electrons. The van der Waals surface area contributed by atoms with Crippen molar-refractivity contribution in [2.45, 2.75) is 71.1 Å². The van der Waals surface area contributed by atoms with E-state index in [1.54, 1.807) is 23.9 Å². The Morgan fingerprint density at radius 3 is 2.50 bits per heavy atom. The molecule has 1 N–H and O–H groups in total. The number of hydrogen-bond donors (Lipinski definition) is 1. The highest BCUT2D eigenvalue weighted by atomic mass is 16.5.